The van der Waals surface area contributed by atoms with Crippen LogP contribution in [0.1, 0.15) is 23.1 Å². The van der Waals surface area contributed by atoms with Crippen molar-refractivity contribution in [2.45, 2.75) is 26.6 Å². The van der Waals surface area contributed by atoms with Crippen LogP contribution in [0.4, 0.5) is 0 Å². The zero-order valence-electron chi connectivity index (χ0n) is 10.1. The minimum atomic E-state index is 0.471. The van der Waals surface area contributed by atoms with Crippen LogP contribution in [-0.2, 0) is 19.6 Å². The molecular formula is C13H18N2OS. The minimum absolute atomic E-state index is 0.471. The summed E-state index contributed by atoms with van der Waals surface area (Å²) in [5.41, 5.74) is 6.84. The Kier molecular flexibility index (Phi) is 4.36. The Bertz CT molecular complexity index is 436. The third-order valence-electron chi connectivity index (χ3n) is 2.82. The highest BCUT2D eigenvalue weighted by molar-refractivity contribution is 7.09. The largest absolute Gasteiger partial charge is 0.468 e. The lowest BCUT2D eigenvalue weighted by Crippen LogP contribution is -2.22. The van der Waals surface area contributed by atoms with Crippen LogP contribution in [0.3, 0.4) is 0 Å². The van der Waals surface area contributed by atoms with Crippen molar-refractivity contribution in [1.82, 2.24) is 4.90 Å². The summed E-state index contributed by atoms with van der Waals surface area (Å²) in [4.78, 5) is 3.78. The van der Waals surface area contributed by atoms with Crippen LogP contribution >= 0.6 is 11.3 Å². The molecule has 2 rings (SSSR count). The summed E-state index contributed by atoms with van der Waals surface area (Å²) in [5.74, 6) is 0.898. The SMILES string of the molecule is CCN(Cc1cccs1)Cc1ccoc1CN. The summed E-state index contributed by atoms with van der Waals surface area (Å²) in [7, 11) is 0. The zero-order chi connectivity index (χ0) is 12.1. The molecule has 2 N–H and O–H groups in total. The maximum Gasteiger partial charge on any atom is 0.121 e. The predicted octanol–water partition coefficient (Wildman–Crippen LogP) is 2.82. The molecule has 0 atom stereocenters. The highest BCUT2D eigenvalue weighted by atomic mass is 32.1. The standard InChI is InChI=1S/C13H18N2OS/c1-2-15(10-12-4-3-7-17-12)9-11-5-6-16-13(11)8-14/h3-7H,2,8-10,14H2,1H3. The van der Waals surface area contributed by atoms with Crippen molar-refractivity contribution in [3.05, 3.63) is 46.0 Å². The number of thiophene rings is 1. The molecule has 0 unspecified atom stereocenters. The highest BCUT2D eigenvalue weighted by Gasteiger charge is 2.10. The predicted molar refractivity (Wildman–Crippen MR) is 70.7 cm³/mol. The van der Waals surface area contributed by atoms with E-state index in [1.54, 1.807) is 17.6 Å². The molecule has 92 valence electrons. The van der Waals surface area contributed by atoms with Gasteiger partial charge >= 0.3 is 0 Å². The molecule has 0 bridgehead atoms. The Hall–Kier alpha value is -1.10. The summed E-state index contributed by atoms with van der Waals surface area (Å²) in [6.07, 6.45) is 1.72. The van der Waals surface area contributed by atoms with Gasteiger partial charge < -0.3 is 10.2 Å². The van der Waals surface area contributed by atoms with Crippen LogP contribution in [0.2, 0.25) is 0 Å². The monoisotopic (exact) mass is 250 g/mol. The maximum atomic E-state index is 5.64. The van der Waals surface area contributed by atoms with E-state index in [2.05, 4.69) is 29.3 Å². The molecule has 17 heavy (non-hydrogen) atoms. The van der Waals surface area contributed by atoms with Gasteiger partial charge in [-0.2, -0.15) is 0 Å². The molecule has 0 radical (unpaired) electrons. The van der Waals surface area contributed by atoms with Gasteiger partial charge in [-0.15, -0.1) is 11.3 Å². The molecule has 0 aliphatic rings. The number of nitrogens with zero attached hydrogens (tertiary/aromatic N) is 1. The van der Waals surface area contributed by atoms with Gasteiger partial charge in [-0.3, -0.25) is 4.90 Å². The van der Waals surface area contributed by atoms with E-state index in [1.165, 1.54) is 10.4 Å². The molecule has 2 heterocycles. The Morgan fingerprint density at radius 2 is 2.24 bits per heavy atom. The summed E-state index contributed by atoms with van der Waals surface area (Å²) in [6.45, 7) is 5.56. The average Bonchev–Trinajstić information content (AvgIpc) is 2.99. The Morgan fingerprint density at radius 3 is 2.88 bits per heavy atom. The molecule has 0 saturated carbocycles. The van der Waals surface area contributed by atoms with Crippen LogP contribution in [0, 0.1) is 0 Å². The molecule has 2 aromatic rings. The smallest absolute Gasteiger partial charge is 0.121 e. The summed E-state index contributed by atoms with van der Waals surface area (Å²) < 4.78 is 5.35. The zero-order valence-corrected chi connectivity index (χ0v) is 10.9. The first-order valence-electron chi connectivity index (χ1n) is 5.83. The van der Waals surface area contributed by atoms with E-state index in [0.717, 1.165) is 25.4 Å². The van der Waals surface area contributed by atoms with Gasteiger partial charge in [-0.25, -0.2) is 0 Å². The normalized spacial score (nSPS) is 11.2. The third-order valence-corrected chi connectivity index (χ3v) is 3.68. The van der Waals surface area contributed by atoms with Gasteiger partial charge in [0.25, 0.3) is 0 Å². The summed E-state index contributed by atoms with van der Waals surface area (Å²) in [6, 6.07) is 6.28. The van der Waals surface area contributed by atoms with Gasteiger partial charge in [0, 0.05) is 23.5 Å². The number of nitrogens with two attached hydrogens (primary N) is 1. The van der Waals surface area contributed by atoms with Gasteiger partial charge in [0.2, 0.25) is 0 Å². The number of hydrogen-bond donors (Lipinski definition) is 1. The van der Waals surface area contributed by atoms with Crippen LogP contribution < -0.4 is 5.73 Å². The number of hydrogen-bond acceptors (Lipinski definition) is 4. The van der Waals surface area contributed by atoms with Gasteiger partial charge in [0.05, 0.1) is 12.8 Å². The first-order valence-corrected chi connectivity index (χ1v) is 6.71. The maximum absolute atomic E-state index is 5.64. The lowest BCUT2D eigenvalue weighted by atomic mass is 10.2. The van der Waals surface area contributed by atoms with E-state index in [9.17, 15) is 0 Å². The van der Waals surface area contributed by atoms with Crippen molar-refractivity contribution >= 4 is 11.3 Å². The molecule has 0 saturated heterocycles. The molecule has 0 aromatic carbocycles. The Morgan fingerprint density at radius 1 is 1.35 bits per heavy atom. The molecule has 0 fully saturated rings. The van der Waals surface area contributed by atoms with Gasteiger partial charge in [0.1, 0.15) is 5.76 Å². The van der Waals surface area contributed by atoms with E-state index in [1.807, 2.05) is 6.07 Å². The van der Waals surface area contributed by atoms with Gasteiger partial charge in [0.15, 0.2) is 0 Å². The molecule has 0 spiro atoms. The lowest BCUT2D eigenvalue weighted by Gasteiger charge is -2.19. The Balaban J connectivity index is 2.00. The number of furan rings is 1. The molecule has 0 aliphatic carbocycles. The van der Waals surface area contributed by atoms with Crippen molar-refractivity contribution in [1.29, 1.82) is 0 Å². The molecule has 3 nitrogen and oxygen atoms in total. The first-order chi connectivity index (χ1) is 8.33. The average molecular weight is 250 g/mol. The van der Waals surface area contributed by atoms with E-state index in [0.29, 0.717) is 6.54 Å². The quantitative estimate of drug-likeness (QED) is 0.857. The van der Waals surface area contributed by atoms with Crippen molar-refractivity contribution in [3.8, 4) is 0 Å². The first kappa shape index (κ1) is 12.4. The van der Waals surface area contributed by atoms with E-state index >= 15 is 0 Å². The molecule has 0 aliphatic heterocycles. The van der Waals surface area contributed by atoms with Crippen LogP contribution in [0.25, 0.3) is 0 Å². The Labute approximate surface area is 106 Å². The molecule has 2 aromatic heterocycles. The van der Waals surface area contributed by atoms with Gasteiger partial charge in [-0.1, -0.05) is 13.0 Å². The van der Waals surface area contributed by atoms with Crippen molar-refractivity contribution in [2.24, 2.45) is 5.73 Å². The van der Waals surface area contributed by atoms with Crippen LogP contribution in [0.15, 0.2) is 34.3 Å². The van der Waals surface area contributed by atoms with E-state index in [-0.39, 0.29) is 0 Å². The van der Waals surface area contributed by atoms with Crippen LogP contribution in [-0.4, -0.2) is 11.4 Å². The fourth-order valence-electron chi connectivity index (χ4n) is 1.83. The van der Waals surface area contributed by atoms with Gasteiger partial charge in [-0.05, 0) is 24.1 Å². The second-order valence-corrected chi connectivity index (χ2v) is 4.99. The topological polar surface area (TPSA) is 42.4 Å². The van der Waals surface area contributed by atoms with Crippen molar-refractivity contribution in [3.63, 3.8) is 0 Å². The lowest BCUT2D eigenvalue weighted by molar-refractivity contribution is 0.271. The molecule has 0 amide bonds. The molecular weight excluding hydrogens is 232 g/mol. The van der Waals surface area contributed by atoms with E-state index < -0.39 is 0 Å². The fourth-order valence-corrected chi connectivity index (χ4v) is 2.58. The second-order valence-electron chi connectivity index (χ2n) is 3.96. The third kappa shape index (κ3) is 3.19. The molecule has 4 heteroatoms. The van der Waals surface area contributed by atoms with Crippen LogP contribution in [0.5, 0.6) is 0 Å². The fraction of sp³-hybridized carbons (Fsp3) is 0.385. The highest BCUT2D eigenvalue weighted by Crippen LogP contribution is 2.16. The minimum Gasteiger partial charge on any atom is -0.468 e. The van der Waals surface area contributed by atoms with E-state index in [4.69, 9.17) is 10.2 Å². The second kappa shape index (κ2) is 6.00. The summed E-state index contributed by atoms with van der Waals surface area (Å²) >= 11 is 1.80. The van der Waals surface area contributed by atoms with Crippen molar-refractivity contribution in [2.75, 3.05) is 6.54 Å². The number of rotatable bonds is 6. The summed E-state index contributed by atoms with van der Waals surface area (Å²) in [5, 5.41) is 2.12. The van der Waals surface area contributed by atoms with Crippen molar-refractivity contribution < 1.29 is 4.42 Å².